The summed E-state index contributed by atoms with van der Waals surface area (Å²) in [6, 6.07) is 6.98. The molecule has 2 heterocycles. The van der Waals surface area contributed by atoms with Crippen molar-refractivity contribution in [1.29, 1.82) is 0 Å². The van der Waals surface area contributed by atoms with Crippen LogP contribution in [0.25, 0.3) is 10.3 Å². The number of aliphatic hydroxyl groups is 1. The van der Waals surface area contributed by atoms with Gasteiger partial charge in [0.1, 0.15) is 28.2 Å². The number of allylic oxidation sites excluding steroid dienone is 4. The van der Waals surface area contributed by atoms with Crippen molar-refractivity contribution in [2.24, 2.45) is 0 Å². The molecule has 0 aliphatic carbocycles. The molecular formula is C23H23Cl2N5O4S. The molecule has 0 aliphatic rings. The van der Waals surface area contributed by atoms with Crippen molar-refractivity contribution in [2.45, 2.75) is 6.92 Å². The van der Waals surface area contributed by atoms with E-state index in [0.717, 1.165) is 11.3 Å². The Labute approximate surface area is 216 Å². The van der Waals surface area contributed by atoms with Gasteiger partial charge in [0.15, 0.2) is 10.8 Å². The Morgan fingerprint density at radius 2 is 2.14 bits per heavy atom. The molecule has 184 valence electrons. The van der Waals surface area contributed by atoms with Gasteiger partial charge in [0.25, 0.3) is 5.91 Å². The van der Waals surface area contributed by atoms with Crippen LogP contribution in [0.5, 0.6) is 5.75 Å². The van der Waals surface area contributed by atoms with Crippen molar-refractivity contribution in [3.8, 4) is 5.75 Å². The van der Waals surface area contributed by atoms with E-state index in [4.69, 9.17) is 37.8 Å². The van der Waals surface area contributed by atoms with Crippen LogP contribution in [0, 0.1) is 0 Å². The molecule has 3 rings (SSSR count). The molecule has 0 fully saturated rings. The molecule has 0 radical (unpaired) electrons. The van der Waals surface area contributed by atoms with Crippen molar-refractivity contribution in [3.05, 3.63) is 75.8 Å². The molecule has 35 heavy (non-hydrogen) atoms. The monoisotopic (exact) mass is 535 g/mol. The van der Waals surface area contributed by atoms with Gasteiger partial charge in [-0.05, 0) is 37.3 Å². The SMILES string of the molecule is C=C/C(=C\C(Cl)=C(/C)Oc1cccc(Cl)c1)Nc1ncnc2sc(C(=O)NCCOCCO)nc12. The Hall–Kier alpha value is -3.02. The molecule has 3 aromatic rings. The number of ether oxygens (including phenoxy) is 2. The summed E-state index contributed by atoms with van der Waals surface area (Å²) in [6.45, 7) is 6.25. The molecule has 1 aromatic carbocycles. The normalized spacial score (nSPS) is 12.3. The minimum Gasteiger partial charge on any atom is -0.460 e. The number of hydrogen-bond acceptors (Lipinski definition) is 9. The third kappa shape index (κ3) is 7.74. The Morgan fingerprint density at radius 3 is 2.89 bits per heavy atom. The standard InChI is InChI=1S/C23H23Cl2N5O4S/c1-3-16(12-18(25)14(2)34-17-6-4-5-15(24)11-17)29-20-19-22(28-13-27-20)35-23(30-19)21(32)26-7-9-33-10-8-31/h3-6,11-13,31H,1,7-10H2,2H3,(H,26,32)(H,27,28,29)/b16-12+,18-14-. The molecule has 2 aromatic heterocycles. The number of aliphatic hydroxyl groups excluding tert-OH is 1. The summed E-state index contributed by atoms with van der Waals surface area (Å²) in [6.07, 6.45) is 4.57. The van der Waals surface area contributed by atoms with Gasteiger partial charge in [0, 0.05) is 17.3 Å². The van der Waals surface area contributed by atoms with Crippen LogP contribution in [0.3, 0.4) is 0 Å². The van der Waals surface area contributed by atoms with Crippen molar-refractivity contribution in [1.82, 2.24) is 20.3 Å². The molecule has 0 spiro atoms. The maximum Gasteiger partial charge on any atom is 0.280 e. The van der Waals surface area contributed by atoms with Gasteiger partial charge in [-0.1, -0.05) is 47.2 Å². The molecule has 0 saturated carbocycles. The van der Waals surface area contributed by atoms with Crippen LogP contribution in [0.1, 0.15) is 16.7 Å². The molecule has 0 atom stereocenters. The number of nitrogens with one attached hydrogen (secondary N) is 2. The summed E-state index contributed by atoms with van der Waals surface area (Å²) in [5.41, 5.74) is 0.961. The molecule has 0 saturated heterocycles. The van der Waals surface area contributed by atoms with Crippen molar-refractivity contribution < 1.29 is 19.4 Å². The van der Waals surface area contributed by atoms with Gasteiger partial charge in [-0.15, -0.1) is 0 Å². The number of nitrogens with zero attached hydrogens (tertiary/aromatic N) is 3. The van der Waals surface area contributed by atoms with Gasteiger partial charge in [0.2, 0.25) is 0 Å². The Balaban J connectivity index is 1.74. The quantitative estimate of drug-likeness (QED) is 0.176. The summed E-state index contributed by atoms with van der Waals surface area (Å²) in [5.74, 6) is 1.05. The highest BCUT2D eigenvalue weighted by molar-refractivity contribution is 7.19. The second-order valence-electron chi connectivity index (χ2n) is 6.88. The van der Waals surface area contributed by atoms with Crippen LogP contribution < -0.4 is 15.4 Å². The van der Waals surface area contributed by atoms with Gasteiger partial charge >= 0.3 is 0 Å². The van der Waals surface area contributed by atoms with Crippen molar-refractivity contribution in [3.63, 3.8) is 0 Å². The van der Waals surface area contributed by atoms with Gasteiger partial charge in [-0.25, -0.2) is 15.0 Å². The summed E-state index contributed by atoms with van der Waals surface area (Å²) in [5, 5.41) is 15.7. The highest BCUT2D eigenvalue weighted by Crippen LogP contribution is 2.27. The zero-order valence-corrected chi connectivity index (χ0v) is 21.1. The first kappa shape index (κ1) is 26.6. The number of hydrogen-bond donors (Lipinski definition) is 3. The van der Waals surface area contributed by atoms with Crippen LogP contribution in [0.15, 0.2) is 65.8 Å². The fourth-order valence-electron chi connectivity index (χ4n) is 2.70. The van der Waals surface area contributed by atoms with E-state index in [0.29, 0.717) is 43.4 Å². The number of carbonyl (C=O) groups excluding carboxylic acids is 1. The lowest BCUT2D eigenvalue weighted by atomic mass is 10.3. The third-order valence-corrected chi connectivity index (χ3v) is 5.90. The average Bonchev–Trinajstić information content (AvgIpc) is 3.29. The van der Waals surface area contributed by atoms with E-state index in [1.54, 1.807) is 43.3 Å². The number of halogens is 2. The minimum absolute atomic E-state index is 0.0725. The summed E-state index contributed by atoms with van der Waals surface area (Å²) >= 11 is 13.6. The number of thiazole rings is 1. The highest BCUT2D eigenvalue weighted by atomic mass is 35.5. The number of anilines is 1. The van der Waals surface area contributed by atoms with E-state index in [2.05, 4.69) is 32.2 Å². The van der Waals surface area contributed by atoms with E-state index in [9.17, 15) is 4.79 Å². The first-order valence-corrected chi connectivity index (χ1v) is 12.0. The van der Waals surface area contributed by atoms with E-state index in [-0.39, 0.29) is 37.3 Å². The lowest BCUT2D eigenvalue weighted by Gasteiger charge is -2.09. The average molecular weight is 536 g/mol. The van der Waals surface area contributed by atoms with E-state index >= 15 is 0 Å². The summed E-state index contributed by atoms with van der Waals surface area (Å²) in [4.78, 5) is 25.8. The fraction of sp³-hybridized carbons (Fsp3) is 0.217. The zero-order valence-electron chi connectivity index (χ0n) is 18.8. The van der Waals surface area contributed by atoms with Crippen LogP contribution in [0.2, 0.25) is 5.02 Å². The molecule has 1 amide bonds. The smallest absolute Gasteiger partial charge is 0.280 e. The van der Waals surface area contributed by atoms with Crippen LogP contribution in [-0.2, 0) is 4.74 Å². The zero-order chi connectivity index (χ0) is 25.2. The van der Waals surface area contributed by atoms with Crippen LogP contribution in [0.4, 0.5) is 5.82 Å². The first-order chi connectivity index (χ1) is 16.9. The molecule has 12 heteroatoms. The Bertz CT molecular complexity index is 1260. The molecule has 3 N–H and O–H groups in total. The summed E-state index contributed by atoms with van der Waals surface area (Å²) < 4.78 is 10.9. The topological polar surface area (TPSA) is 118 Å². The Morgan fingerprint density at radius 1 is 1.31 bits per heavy atom. The molecule has 9 nitrogen and oxygen atoms in total. The van der Waals surface area contributed by atoms with E-state index < -0.39 is 0 Å². The van der Waals surface area contributed by atoms with Crippen molar-refractivity contribution in [2.75, 3.05) is 31.7 Å². The fourth-order valence-corrected chi connectivity index (χ4v) is 3.86. The van der Waals surface area contributed by atoms with Gasteiger partial charge in [-0.3, -0.25) is 4.79 Å². The number of amides is 1. The highest BCUT2D eigenvalue weighted by Gasteiger charge is 2.16. The molecule has 0 bridgehead atoms. The van der Waals surface area contributed by atoms with Crippen LogP contribution in [-0.4, -0.2) is 52.3 Å². The number of fused-ring (bicyclic) bond motifs is 1. The Kier molecular flexibility index (Phi) is 10.0. The largest absolute Gasteiger partial charge is 0.460 e. The predicted molar refractivity (Wildman–Crippen MR) is 138 cm³/mol. The second-order valence-corrected chi connectivity index (χ2v) is 8.70. The predicted octanol–water partition coefficient (Wildman–Crippen LogP) is 4.51. The lowest BCUT2D eigenvalue weighted by molar-refractivity contribution is 0.0838. The number of benzene rings is 1. The first-order valence-electron chi connectivity index (χ1n) is 10.4. The van der Waals surface area contributed by atoms with Gasteiger partial charge in [-0.2, -0.15) is 0 Å². The number of aromatic nitrogens is 3. The third-order valence-electron chi connectivity index (χ3n) is 4.33. The van der Waals surface area contributed by atoms with Crippen molar-refractivity contribution >= 4 is 56.6 Å². The maximum absolute atomic E-state index is 12.4. The van der Waals surface area contributed by atoms with Crippen LogP contribution >= 0.6 is 34.5 Å². The van der Waals surface area contributed by atoms with E-state index in [1.165, 1.54) is 6.33 Å². The molecular weight excluding hydrogens is 513 g/mol. The molecule has 0 aliphatic heterocycles. The number of carbonyl (C=O) groups is 1. The van der Waals surface area contributed by atoms with Gasteiger partial charge < -0.3 is 25.2 Å². The number of rotatable bonds is 12. The van der Waals surface area contributed by atoms with E-state index in [1.807, 2.05) is 0 Å². The summed E-state index contributed by atoms with van der Waals surface area (Å²) in [7, 11) is 0. The minimum atomic E-state index is -0.356. The maximum atomic E-state index is 12.4. The second kappa shape index (κ2) is 13.2. The molecule has 0 unspecified atom stereocenters. The lowest BCUT2D eigenvalue weighted by Crippen LogP contribution is -2.27. The van der Waals surface area contributed by atoms with Gasteiger partial charge in [0.05, 0.1) is 24.9 Å².